The second kappa shape index (κ2) is 10.9. The van der Waals surface area contributed by atoms with Gasteiger partial charge in [-0.25, -0.2) is 4.79 Å². The molecule has 4 rings (SSSR count). The van der Waals surface area contributed by atoms with Crippen molar-refractivity contribution < 1.29 is 28.4 Å². The number of nitrogens with one attached hydrogen (secondary N) is 1. The number of methoxy groups -OCH3 is 1. The number of nitrogens with two attached hydrogens (primary N) is 1. The largest absolute Gasteiger partial charge is 0.495 e. The van der Waals surface area contributed by atoms with Gasteiger partial charge in [-0.3, -0.25) is 9.48 Å². The van der Waals surface area contributed by atoms with E-state index in [1.54, 1.807) is 29.1 Å². The summed E-state index contributed by atoms with van der Waals surface area (Å²) in [5, 5.41) is 7.79. The first kappa shape index (κ1) is 26.9. The Morgan fingerprint density at radius 3 is 2.51 bits per heavy atom. The number of aromatic nitrogens is 2. The number of anilines is 2. The predicted molar refractivity (Wildman–Crippen MR) is 134 cm³/mol. The number of carbonyl (C=O) groups excluding carboxylic acids is 2. The first-order chi connectivity index (χ1) is 16.6. The van der Waals surface area contributed by atoms with Gasteiger partial charge in [-0.2, -0.15) is 5.10 Å². The summed E-state index contributed by atoms with van der Waals surface area (Å²) in [6.07, 6.45) is 4.40. The molecule has 2 aliphatic heterocycles. The van der Waals surface area contributed by atoms with Gasteiger partial charge in [0.15, 0.2) is 12.1 Å². The fraction of sp³-hybridized carbons (Fsp3) is 0.542. The zero-order valence-electron chi connectivity index (χ0n) is 21.3. The highest BCUT2D eigenvalue weighted by molar-refractivity contribution is 6.63. The van der Waals surface area contributed by atoms with Crippen LogP contribution in [0.25, 0.3) is 0 Å². The molecule has 11 heteroatoms. The van der Waals surface area contributed by atoms with Crippen LogP contribution < -0.4 is 16.5 Å². The lowest BCUT2D eigenvalue weighted by Gasteiger charge is -2.32. The minimum absolute atomic E-state index is 0.0926. The third-order valence-electron chi connectivity index (χ3n) is 6.62. The summed E-state index contributed by atoms with van der Waals surface area (Å²) in [6.45, 7) is 9.11. The molecular weight excluding hydrogens is 451 g/mol. The summed E-state index contributed by atoms with van der Waals surface area (Å²) >= 11 is 0. The van der Waals surface area contributed by atoms with Gasteiger partial charge in [-0.15, -0.1) is 0 Å². The van der Waals surface area contributed by atoms with E-state index >= 15 is 0 Å². The van der Waals surface area contributed by atoms with Gasteiger partial charge >= 0.3 is 13.1 Å². The van der Waals surface area contributed by atoms with Crippen LogP contribution in [-0.2, 0) is 18.8 Å². The molecule has 3 N–H and O–H groups in total. The Kier molecular flexibility index (Phi) is 8.37. The minimum atomic E-state index is -0.756. The van der Waals surface area contributed by atoms with Gasteiger partial charge in [0, 0.05) is 18.5 Å². The van der Waals surface area contributed by atoms with Crippen molar-refractivity contribution in [1.29, 1.82) is 0 Å². The molecular formula is C24H35BN4O6. The summed E-state index contributed by atoms with van der Waals surface area (Å²) in [7, 11) is 2.08. The molecule has 0 radical (unpaired) electrons. The number of carbonyl (C=O) groups is 2. The molecule has 2 aliphatic rings. The molecule has 2 saturated heterocycles. The van der Waals surface area contributed by atoms with Crippen molar-refractivity contribution in [3.8, 4) is 0 Å². The number of hydrogen-bond donors (Lipinski definition) is 2. The number of nitrogens with zero attached hydrogens (tertiary/aromatic N) is 2. The highest BCUT2D eigenvalue weighted by Gasteiger charge is 2.52. The van der Waals surface area contributed by atoms with Gasteiger partial charge < -0.3 is 29.8 Å². The average Bonchev–Trinajstić information content (AvgIpc) is 3.36. The van der Waals surface area contributed by atoms with Crippen LogP contribution in [0.2, 0.25) is 0 Å². The second-order valence-electron chi connectivity index (χ2n) is 9.41. The van der Waals surface area contributed by atoms with Crippen molar-refractivity contribution in [2.24, 2.45) is 5.73 Å². The lowest BCUT2D eigenvalue weighted by Crippen LogP contribution is -2.41. The molecule has 1 aromatic heterocycles. The van der Waals surface area contributed by atoms with E-state index in [4.69, 9.17) is 18.8 Å². The van der Waals surface area contributed by atoms with E-state index in [0.29, 0.717) is 34.7 Å². The van der Waals surface area contributed by atoms with Crippen LogP contribution in [0.4, 0.5) is 11.5 Å². The molecule has 35 heavy (non-hydrogen) atoms. The Bertz CT molecular complexity index is 1030. The molecule has 0 aliphatic carbocycles. The average molecular weight is 486 g/mol. The lowest BCUT2D eigenvalue weighted by atomic mass is 9.75. The minimum Gasteiger partial charge on any atom is -0.465 e. The molecule has 1 atom stereocenters. The van der Waals surface area contributed by atoms with Crippen molar-refractivity contribution >= 4 is 36.3 Å². The Morgan fingerprint density at radius 2 is 1.94 bits per heavy atom. The Hall–Kier alpha value is -2.73. The van der Waals surface area contributed by atoms with E-state index in [1.807, 2.05) is 27.7 Å². The molecule has 0 bridgehead atoms. The molecule has 0 amide bonds. The van der Waals surface area contributed by atoms with Crippen LogP contribution in [0, 0.1) is 0 Å². The van der Waals surface area contributed by atoms with E-state index < -0.39 is 24.3 Å². The molecule has 0 saturated carbocycles. The summed E-state index contributed by atoms with van der Waals surface area (Å²) < 4.78 is 24.6. The van der Waals surface area contributed by atoms with Gasteiger partial charge in [-0.1, -0.05) is 0 Å². The van der Waals surface area contributed by atoms with Crippen LogP contribution in [0.3, 0.4) is 0 Å². The Labute approximate surface area is 206 Å². The first-order valence-corrected chi connectivity index (χ1v) is 11.7. The van der Waals surface area contributed by atoms with Crippen molar-refractivity contribution in [2.45, 2.75) is 57.8 Å². The zero-order valence-corrected chi connectivity index (χ0v) is 21.3. The van der Waals surface area contributed by atoms with Crippen molar-refractivity contribution in [2.75, 3.05) is 32.7 Å². The van der Waals surface area contributed by atoms with Gasteiger partial charge in [0.1, 0.15) is 0 Å². The third-order valence-corrected chi connectivity index (χ3v) is 6.62. The topological polar surface area (TPSA) is 127 Å². The molecule has 10 nitrogen and oxygen atoms in total. The number of aldehydes is 1. The molecule has 2 aromatic rings. The van der Waals surface area contributed by atoms with E-state index in [0.717, 1.165) is 25.7 Å². The zero-order chi connectivity index (χ0) is 25.8. The first-order valence-electron chi connectivity index (χ1n) is 11.7. The SMILES string of the molecule is CN.COC(=O)c1ccc(Nc2nn(C3CCCOC3)cc2C=O)cc1B1OC(C)(C)C(C)(C)O1. The third kappa shape index (κ3) is 5.59. The molecule has 3 heterocycles. The van der Waals surface area contributed by atoms with E-state index in [1.165, 1.54) is 14.2 Å². The van der Waals surface area contributed by atoms with E-state index in [9.17, 15) is 9.59 Å². The van der Waals surface area contributed by atoms with Crippen LogP contribution in [-0.4, -0.2) is 67.7 Å². The molecule has 190 valence electrons. The van der Waals surface area contributed by atoms with Crippen LogP contribution in [0.15, 0.2) is 24.4 Å². The molecule has 0 spiro atoms. The predicted octanol–water partition coefficient (Wildman–Crippen LogP) is 2.45. The quantitative estimate of drug-likeness (QED) is 0.360. The van der Waals surface area contributed by atoms with Crippen molar-refractivity contribution in [3.63, 3.8) is 0 Å². The van der Waals surface area contributed by atoms with E-state index in [-0.39, 0.29) is 6.04 Å². The van der Waals surface area contributed by atoms with Crippen LogP contribution in [0.5, 0.6) is 0 Å². The Morgan fingerprint density at radius 1 is 1.26 bits per heavy atom. The standard InChI is InChI=1S/C23H30BN3O6.CH5N/c1-22(2)23(3,4)33-24(32-22)19-11-16(8-9-18(19)21(29)30-5)25-20-15(13-28)12-27(26-20)17-7-6-10-31-14-17;1-2/h8-9,11-13,17H,6-7,10,14H2,1-5H3,(H,25,26);2H2,1H3. The highest BCUT2D eigenvalue weighted by atomic mass is 16.7. The number of esters is 1. The fourth-order valence-corrected chi connectivity index (χ4v) is 3.95. The summed E-state index contributed by atoms with van der Waals surface area (Å²) in [6, 6.07) is 5.25. The molecule has 2 fully saturated rings. The van der Waals surface area contributed by atoms with Gasteiger partial charge in [-0.05, 0) is 71.2 Å². The number of rotatable bonds is 6. The van der Waals surface area contributed by atoms with Crippen LogP contribution in [0.1, 0.15) is 67.3 Å². The van der Waals surface area contributed by atoms with Crippen LogP contribution >= 0.6 is 0 Å². The number of hydrogen-bond acceptors (Lipinski definition) is 9. The summed E-state index contributed by atoms with van der Waals surface area (Å²) in [5.41, 5.74) is 5.33. The highest BCUT2D eigenvalue weighted by Crippen LogP contribution is 2.37. The van der Waals surface area contributed by atoms with Crippen molar-refractivity contribution in [1.82, 2.24) is 9.78 Å². The summed E-state index contributed by atoms with van der Waals surface area (Å²) in [5.74, 6) is -0.0531. The van der Waals surface area contributed by atoms with E-state index in [2.05, 4.69) is 16.1 Å². The van der Waals surface area contributed by atoms with Gasteiger partial charge in [0.2, 0.25) is 0 Å². The fourth-order valence-electron chi connectivity index (χ4n) is 3.95. The second-order valence-corrected chi connectivity index (χ2v) is 9.41. The Balaban J connectivity index is 0.00000167. The van der Waals surface area contributed by atoms with Gasteiger partial charge in [0.05, 0.1) is 42.1 Å². The van der Waals surface area contributed by atoms with Crippen molar-refractivity contribution in [3.05, 3.63) is 35.5 Å². The summed E-state index contributed by atoms with van der Waals surface area (Å²) in [4.78, 5) is 24.1. The lowest BCUT2D eigenvalue weighted by molar-refractivity contribution is 0.00578. The molecule has 1 aromatic carbocycles. The maximum absolute atomic E-state index is 12.4. The number of ether oxygens (including phenoxy) is 2. The smallest absolute Gasteiger partial charge is 0.465 e. The maximum Gasteiger partial charge on any atom is 0.495 e. The normalized spacial score (nSPS) is 20.5. The monoisotopic (exact) mass is 486 g/mol. The van der Waals surface area contributed by atoms with Gasteiger partial charge in [0.25, 0.3) is 0 Å². The maximum atomic E-state index is 12.4. The number of benzene rings is 1. The molecule has 1 unspecified atom stereocenters.